The highest BCUT2D eigenvalue weighted by molar-refractivity contribution is 6.28. The van der Waals surface area contributed by atoms with E-state index in [0.29, 0.717) is 24.1 Å². The van der Waals surface area contributed by atoms with Gasteiger partial charge in [-0.1, -0.05) is 49.9 Å². The van der Waals surface area contributed by atoms with Crippen molar-refractivity contribution in [2.45, 2.75) is 84.3 Å². The Morgan fingerprint density at radius 2 is 1.29 bits per heavy atom. The smallest absolute Gasteiger partial charge is 0.408 e. The summed E-state index contributed by atoms with van der Waals surface area (Å²) in [7, 11) is 0. The molecule has 0 aliphatic heterocycles. The Balaban J connectivity index is 1.26. The molecule has 45 heavy (non-hydrogen) atoms. The van der Waals surface area contributed by atoms with Gasteiger partial charge in [0.15, 0.2) is 11.6 Å². The fourth-order valence-electron chi connectivity index (χ4n) is 4.75. The van der Waals surface area contributed by atoms with Gasteiger partial charge < -0.3 is 25.4 Å². The number of esters is 1. The Morgan fingerprint density at radius 1 is 0.711 bits per heavy atom. The Labute approximate surface area is 263 Å². The maximum Gasteiger partial charge on any atom is 0.408 e. The third-order valence-corrected chi connectivity index (χ3v) is 7.06. The third kappa shape index (κ3) is 10.3. The van der Waals surface area contributed by atoms with Crippen molar-refractivity contribution in [1.29, 1.82) is 0 Å². The van der Waals surface area contributed by atoms with Crippen LogP contribution in [0.1, 0.15) is 115 Å². The van der Waals surface area contributed by atoms with Gasteiger partial charge in [-0.25, -0.2) is 9.59 Å². The maximum absolute atomic E-state index is 12.9. The summed E-state index contributed by atoms with van der Waals surface area (Å²) in [5.74, 6) is -1.89. The average Bonchev–Trinajstić information content (AvgIpc) is 2.98. The Bertz CT molecular complexity index is 1440. The number of carbonyl (C=O) groups excluding carboxylic acids is 6. The second-order valence-electron chi connectivity index (χ2n) is 12.5. The van der Waals surface area contributed by atoms with Gasteiger partial charge in [-0.05, 0) is 65.7 Å². The molecule has 0 unspecified atom stereocenters. The van der Waals surface area contributed by atoms with Crippen molar-refractivity contribution in [1.82, 2.24) is 16.0 Å². The molecule has 0 bridgehead atoms. The van der Waals surface area contributed by atoms with E-state index in [-0.39, 0.29) is 47.3 Å². The van der Waals surface area contributed by atoms with Crippen molar-refractivity contribution >= 4 is 35.4 Å². The van der Waals surface area contributed by atoms with Crippen molar-refractivity contribution in [3.05, 3.63) is 70.3 Å². The molecule has 0 heterocycles. The fourth-order valence-corrected chi connectivity index (χ4v) is 4.75. The van der Waals surface area contributed by atoms with Crippen LogP contribution >= 0.6 is 0 Å². The van der Waals surface area contributed by atoms with E-state index in [1.54, 1.807) is 58.9 Å². The molecule has 2 aromatic carbocycles. The molecule has 2 aromatic rings. The van der Waals surface area contributed by atoms with E-state index in [4.69, 9.17) is 9.47 Å². The fraction of sp³-hybridized carbons (Fsp3) is 0.471. The van der Waals surface area contributed by atoms with Crippen LogP contribution in [0.25, 0.3) is 0 Å². The molecule has 0 radical (unpaired) electrons. The largest absolute Gasteiger partial charge is 0.462 e. The first-order valence-electron chi connectivity index (χ1n) is 15.3. The van der Waals surface area contributed by atoms with Gasteiger partial charge in [0, 0.05) is 28.8 Å². The van der Waals surface area contributed by atoms with Gasteiger partial charge in [-0.15, -0.1) is 0 Å². The minimum Gasteiger partial charge on any atom is -0.462 e. The molecule has 0 saturated heterocycles. The highest BCUT2D eigenvalue weighted by atomic mass is 16.6. The number of rotatable bonds is 14. The number of alkyl carbamates (subject to hydrolysis) is 1. The molecule has 11 heteroatoms. The SMILES string of the molecule is CC(C)(C)OC(=O)NCC(=O)NC(C)(C)C(=O)NCCCCCCCCOC(=O)c1ccc2c(c1)C(=O)c1ccccc1C2=O. The van der Waals surface area contributed by atoms with Crippen molar-refractivity contribution in [3.63, 3.8) is 0 Å². The van der Waals surface area contributed by atoms with Crippen LogP contribution in [0.4, 0.5) is 4.79 Å². The molecule has 0 aromatic heterocycles. The summed E-state index contributed by atoms with van der Waals surface area (Å²) in [6, 6.07) is 11.1. The molecule has 11 nitrogen and oxygen atoms in total. The zero-order chi connectivity index (χ0) is 33.2. The molecule has 0 atom stereocenters. The summed E-state index contributed by atoms with van der Waals surface area (Å²) in [6.45, 7) is 8.73. The zero-order valence-corrected chi connectivity index (χ0v) is 26.7. The Morgan fingerprint density at radius 3 is 1.93 bits per heavy atom. The molecule has 0 saturated carbocycles. The lowest BCUT2D eigenvalue weighted by Gasteiger charge is -2.25. The van der Waals surface area contributed by atoms with E-state index < -0.39 is 29.1 Å². The van der Waals surface area contributed by atoms with E-state index in [1.807, 2.05) is 0 Å². The molecule has 3 N–H and O–H groups in total. The topological polar surface area (TPSA) is 157 Å². The van der Waals surface area contributed by atoms with Crippen molar-refractivity contribution in [2.24, 2.45) is 0 Å². The molecule has 242 valence electrons. The van der Waals surface area contributed by atoms with Gasteiger partial charge in [0.05, 0.1) is 12.2 Å². The van der Waals surface area contributed by atoms with Gasteiger partial charge in [0.1, 0.15) is 17.7 Å². The highest BCUT2D eigenvalue weighted by Gasteiger charge is 2.31. The van der Waals surface area contributed by atoms with Crippen LogP contribution in [0.15, 0.2) is 42.5 Å². The van der Waals surface area contributed by atoms with Crippen molar-refractivity contribution in [3.8, 4) is 0 Å². The monoisotopic (exact) mass is 621 g/mol. The predicted octanol–water partition coefficient (Wildman–Crippen LogP) is 4.50. The second kappa shape index (κ2) is 15.5. The van der Waals surface area contributed by atoms with Crippen LogP contribution in [-0.4, -0.2) is 66.3 Å². The van der Waals surface area contributed by atoms with Gasteiger partial charge in [-0.2, -0.15) is 0 Å². The summed E-state index contributed by atoms with van der Waals surface area (Å²) in [5, 5.41) is 7.80. The van der Waals surface area contributed by atoms with Gasteiger partial charge in [-0.3, -0.25) is 19.2 Å². The minimum absolute atomic E-state index is 0.213. The van der Waals surface area contributed by atoms with Crippen LogP contribution in [0.5, 0.6) is 0 Å². The van der Waals surface area contributed by atoms with Gasteiger partial charge in [0.2, 0.25) is 11.8 Å². The number of unbranched alkanes of at least 4 members (excludes halogenated alkanes) is 5. The van der Waals surface area contributed by atoms with Crippen LogP contribution < -0.4 is 16.0 Å². The van der Waals surface area contributed by atoms with Crippen molar-refractivity contribution in [2.75, 3.05) is 19.7 Å². The number of ketones is 2. The van der Waals surface area contributed by atoms with Crippen LogP contribution in [-0.2, 0) is 19.1 Å². The average molecular weight is 622 g/mol. The van der Waals surface area contributed by atoms with Gasteiger partial charge in [0.25, 0.3) is 0 Å². The lowest BCUT2D eigenvalue weighted by molar-refractivity contribution is -0.131. The first-order chi connectivity index (χ1) is 21.2. The summed E-state index contributed by atoms with van der Waals surface area (Å²) < 4.78 is 10.5. The van der Waals surface area contributed by atoms with E-state index in [1.165, 1.54) is 18.2 Å². The van der Waals surface area contributed by atoms with E-state index in [9.17, 15) is 28.8 Å². The van der Waals surface area contributed by atoms with E-state index in [2.05, 4.69) is 16.0 Å². The molecular formula is C34H43N3O8. The predicted molar refractivity (Wildman–Crippen MR) is 167 cm³/mol. The molecule has 1 aliphatic carbocycles. The molecule has 0 spiro atoms. The molecule has 3 amide bonds. The lowest BCUT2D eigenvalue weighted by Crippen LogP contribution is -2.56. The van der Waals surface area contributed by atoms with Gasteiger partial charge >= 0.3 is 12.1 Å². The normalized spacial score (nSPS) is 12.5. The molecule has 1 aliphatic rings. The summed E-state index contributed by atoms with van der Waals surface area (Å²) in [5.41, 5.74) is -0.394. The summed E-state index contributed by atoms with van der Waals surface area (Å²) in [6.07, 6.45) is 4.40. The summed E-state index contributed by atoms with van der Waals surface area (Å²) in [4.78, 5) is 74.6. The number of nitrogens with one attached hydrogen (secondary N) is 3. The van der Waals surface area contributed by atoms with E-state index >= 15 is 0 Å². The molecular weight excluding hydrogens is 578 g/mol. The zero-order valence-electron chi connectivity index (χ0n) is 26.7. The number of amides is 3. The Hall–Kier alpha value is -4.54. The van der Waals surface area contributed by atoms with Crippen molar-refractivity contribution < 1.29 is 38.2 Å². The van der Waals surface area contributed by atoms with Crippen LogP contribution in [0, 0.1) is 0 Å². The third-order valence-electron chi connectivity index (χ3n) is 7.06. The number of benzene rings is 2. The number of fused-ring (bicyclic) bond motifs is 2. The number of hydrogen-bond acceptors (Lipinski definition) is 8. The van der Waals surface area contributed by atoms with Crippen LogP contribution in [0.2, 0.25) is 0 Å². The standard InChI is InChI=1S/C34H43N3O8/c1-33(2,3)45-32(43)36-21-27(38)37-34(4,5)31(42)35-18-12-8-6-7-9-13-19-44-30(41)22-16-17-25-26(20-22)29(40)24-15-11-10-14-23(24)28(25)39/h10-11,14-17,20H,6-9,12-13,18-19,21H2,1-5H3,(H,35,42)(H,36,43)(H,37,38). The number of hydrogen-bond donors (Lipinski definition) is 3. The molecule has 3 rings (SSSR count). The maximum atomic E-state index is 12.9. The quantitative estimate of drug-likeness (QED) is 0.176. The lowest BCUT2D eigenvalue weighted by atomic mass is 9.83. The van der Waals surface area contributed by atoms with Crippen LogP contribution in [0.3, 0.4) is 0 Å². The Kier molecular flexibility index (Phi) is 12.0. The highest BCUT2D eigenvalue weighted by Crippen LogP contribution is 2.28. The number of ether oxygens (including phenoxy) is 2. The van der Waals surface area contributed by atoms with E-state index in [0.717, 1.165) is 32.1 Å². The second-order valence-corrected chi connectivity index (χ2v) is 12.5. The molecule has 0 fully saturated rings. The summed E-state index contributed by atoms with van der Waals surface area (Å²) >= 11 is 0. The minimum atomic E-state index is -1.15. The first-order valence-corrected chi connectivity index (χ1v) is 15.3. The number of carbonyl (C=O) groups is 6. The first kappa shape index (κ1) is 34.9.